The molecule has 0 bridgehead atoms. The molecule has 0 unspecified atom stereocenters. The van der Waals surface area contributed by atoms with Crippen LogP contribution in [0, 0.1) is 0 Å². The minimum atomic E-state index is -0.586. The molecule has 31 heavy (non-hydrogen) atoms. The van der Waals surface area contributed by atoms with Gasteiger partial charge in [0.2, 0.25) is 0 Å². The van der Waals surface area contributed by atoms with Gasteiger partial charge < -0.3 is 5.11 Å². The Morgan fingerprint density at radius 2 is 1.58 bits per heavy atom. The molecule has 4 N–H and O–H groups in total. The predicted octanol–water partition coefficient (Wildman–Crippen LogP) is 4.55. The molecule has 3 aromatic carbocycles. The number of hydrazine groups is 1. The maximum Gasteiger partial charge on any atom is 0.273 e. The number of aromatic hydroxyl groups is 1. The highest BCUT2D eigenvalue weighted by molar-refractivity contribution is 9.10. The number of carbonyl (C=O) groups is 2. The van der Waals surface area contributed by atoms with E-state index in [2.05, 4.69) is 52.9 Å². The molecule has 0 aromatic heterocycles. The average Bonchev–Trinajstić information content (AvgIpc) is 2.70. The molecule has 0 atom stereocenters. The number of hydrogen-bond acceptors (Lipinski definition) is 4. The number of nitrogens with one attached hydrogen (secondary N) is 3. The molecule has 0 spiro atoms. The highest BCUT2D eigenvalue weighted by Crippen LogP contribution is 2.30. The first kappa shape index (κ1) is 22.7. The molecule has 0 saturated heterocycles. The van der Waals surface area contributed by atoms with Crippen molar-refractivity contribution in [3.05, 3.63) is 75.8 Å². The van der Waals surface area contributed by atoms with Gasteiger partial charge in [0.25, 0.3) is 11.8 Å². The van der Waals surface area contributed by atoms with Crippen LogP contribution in [0.15, 0.2) is 59.1 Å². The summed E-state index contributed by atoms with van der Waals surface area (Å²) in [5, 5.41) is 14.2. The van der Waals surface area contributed by atoms with Gasteiger partial charge in [0.1, 0.15) is 5.75 Å². The minimum Gasteiger partial charge on any atom is -0.507 e. The normalized spacial score (nSPS) is 11.1. The molecule has 160 valence electrons. The second kappa shape index (κ2) is 9.03. The summed E-state index contributed by atoms with van der Waals surface area (Å²) in [5.74, 6) is -1.16. The summed E-state index contributed by atoms with van der Waals surface area (Å²) in [6.07, 6.45) is 0. The Bertz CT molecular complexity index is 1190. The van der Waals surface area contributed by atoms with Crippen molar-refractivity contribution in [2.24, 2.45) is 0 Å². The van der Waals surface area contributed by atoms with Crippen LogP contribution in [-0.4, -0.2) is 22.0 Å². The monoisotopic (exact) mass is 499 g/mol. The lowest BCUT2D eigenvalue weighted by molar-refractivity contribution is 0.0932. The summed E-state index contributed by atoms with van der Waals surface area (Å²) in [6, 6.07) is 15.8. The second-order valence-electron chi connectivity index (χ2n) is 8.02. The molecule has 0 aliphatic carbocycles. The summed E-state index contributed by atoms with van der Waals surface area (Å²) >= 11 is 8.60. The number of rotatable bonds is 2. The fourth-order valence-electron chi connectivity index (χ4n) is 3.06. The molecular weight excluding hydrogens is 478 g/mol. The first-order valence-corrected chi connectivity index (χ1v) is 10.7. The van der Waals surface area contributed by atoms with E-state index in [9.17, 15) is 14.7 Å². The van der Waals surface area contributed by atoms with E-state index in [1.54, 1.807) is 18.2 Å². The van der Waals surface area contributed by atoms with Crippen LogP contribution in [-0.2, 0) is 5.41 Å². The van der Waals surface area contributed by atoms with Gasteiger partial charge in [-0.15, -0.1) is 0 Å². The van der Waals surface area contributed by atoms with E-state index < -0.39 is 11.8 Å². The van der Waals surface area contributed by atoms with Crippen LogP contribution in [0.5, 0.6) is 5.75 Å². The summed E-state index contributed by atoms with van der Waals surface area (Å²) in [5.41, 5.74) is 6.39. The highest BCUT2D eigenvalue weighted by atomic mass is 79.9. The third-order valence-electron chi connectivity index (χ3n) is 4.66. The van der Waals surface area contributed by atoms with Crippen molar-refractivity contribution in [1.82, 2.24) is 16.2 Å². The van der Waals surface area contributed by atoms with Gasteiger partial charge in [0.15, 0.2) is 5.11 Å². The molecule has 0 heterocycles. The zero-order valence-electron chi connectivity index (χ0n) is 17.2. The van der Waals surface area contributed by atoms with Crippen molar-refractivity contribution >= 4 is 55.8 Å². The minimum absolute atomic E-state index is 0.0662. The highest BCUT2D eigenvalue weighted by Gasteiger charge is 2.19. The Balaban J connectivity index is 1.62. The van der Waals surface area contributed by atoms with E-state index in [4.69, 9.17) is 12.2 Å². The zero-order chi connectivity index (χ0) is 22.8. The van der Waals surface area contributed by atoms with Crippen LogP contribution in [0.1, 0.15) is 47.1 Å². The Morgan fingerprint density at radius 3 is 2.19 bits per heavy atom. The molecule has 6 nitrogen and oxygen atoms in total. The Morgan fingerprint density at radius 1 is 0.935 bits per heavy atom. The van der Waals surface area contributed by atoms with Gasteiger partial charge in [-0.05, 0) is 58.2 Å². The van der Waals surface area contributed by atoms with Crippen LogP contribution in [0.2, 0.25) is 0 Å². The molecule has 0 fully saturated rings. The molecule has 0 aliphatic heterocycles. The third-order valence-corrected chi connectivity index (χ3v) is 5.52. The smallest absolute Gasteiger partial charge is 0.273 e. The number of phenolic OH excluding ortho intramolecular Hbond substituents is 1. The lowest BCUT2D eigenvalue weighted by atomic mass is 9.86. The number of amides is 2. The predicted molar refractivity (Wildman–Crippen MR) is 129 cm³/mol. The number of fused-ring (bicyclic) bond motifs is 1. The number of phenols is 1. The number of thiocarbonyl (C=S) groups is 1. The topological polar surface area (TPSA) is 90.5 Å². The number of benzene rings is 3. The second-order valence-corrected chi connectivity index (χ2v) is 9.29. The molecular formula is C23H22BrN3O3S. The van der Waals surface area contributed by atoms with Crippen LogP contribution >= 0.6 is 28.1 Å². The Kier molecular flexibility index (Phi) is 6.62. The molecule has 0 saturated carbocycles. The van der Waals surface area contributed by atoms with Gasteiger partial charge in [-0.3, -0.25) is 25.8 Å². The van der Waals surface area contributed by atoms with Gasteiger partial charge in [-0.1, -0.05) is 67.0 Å². The maximum absolute atomic E-state index is 12.5. The number of halogens is 1. The Hall–Kier alpha value is -2.97. The van der Waals surface area contributed by atoms with E-state index in [-0.39, 0.29) is 21.8 Å². The standard InChI is InChI=1S/C23H22BrN3O3S/c1-23(2,3)17-9-8-15(11-18(17)24)20(29)25-22(31)27-26-21(30)16-10-13-6-4-5-7-14(13)12-19(16)28/h4-12,28H,1-3H3,(H,26,30)(H2,25,27,29,31). The van der Waals surface area contributed by atoms with Gasteiger partial charge in [0.05, 0.1) is 5.56 Å². The van der Waals surface area contributed by atoms with Crippen molar-refractivity contribution in [1.29, 1.82) is 0 Å². The molecule has 8 heteroatoms. The van der Waals surface area contributed by atoms with Crippen LogP contribution in [0.3, 0.4) is 0 Å². The quantitative estimate of drug-likeness (QED) is 0.306. The van der Waals surface area contributed by atoms with Crippen LogP contribution in [0.4, 0.5) is 0 Å². The molecule has 2 amide bonds. The SMILES string of the molecule is CC(C)(C)c1ccc(C(=O)NC(=S)NNC(=O)c2cc3ccccc3cc2O)cc1Br. The van der Waals surface area contributed by atoms with E-state index in [1.807, 2.05) is 30.3 Å². The van der Waals surface area contributed by atoms with Crippen LogP contribution in [0.25, 0.3) is 10.8 Å². The van der Waals surface area contributed by atoms with Crippen molar-refractivity contribution < 1.29 is 14.7 Å². The lowest BCUT2D eigenvalue weighted by Crippen LogP contribution is -2.48. The molecule has 3 rings (SSSR count). The van der Waals surface area contributed by atoms with Gasteiger partial charge >= 0.3 is 0 Å². The van der Waals surface area contributed by atoms with Gasteiger partial charge in [-0.2, -0.15) is 0 Å². The third kappa shape index (κ3) is 5.39. The molecule has 3 aromatic rings. The van der Waals surface area contributed by atoms with Crippen molar-refractivity contribution in [2.45, 2.75) is 26.2 Å². The van der Waals surface area contributed by atoms with Gasteiger partial charge in [0, 0.05) is 10.0 Å². The first-order valence-electron chi connectivity index (χ1n) is 9.50. The van der Waals surface area contributed by atoms with E-state index >= 15 is 0 Å². The van der Waals surface area contributed by atoms with Crippen molar-refractivity contribution in [3.8, 4) is 5.75 Å². The molecule has 0 radical (unpaired) electrons. The lowest BCUT2D eigenvalue weighted by Gasteiger charge is -2.21. The molecule has 0 aliphatic rings. The number of hydrogen-bond donors (Lipinski definition) is 4. The zero-order valence-corrected chi connectivity index (χ0v) is 19.6. The van der Waals surface area contributed by atoms with Crippen molar-refractivity contribution in [2.75, 3.05) is 0 Å². The largest absolute Gasteiger partial charge is 0.507 e. The maximum atomic E-state index is 12.5. The fraction of sp³-hybridized carbons (Fsp3) is 0.174. The fourth-order valence-corrected chi connectivity index (χ4v) is 4.18. The Labute approximate surface area is 194 Å². The summed E-state index contributed by atoms with van der Waals surface area (Å²) in [7, 11) is 0. The summed E-state index contributed by atoms with van der Waals surface area (Å²) in [6.45, 7) is 6.26. The first-order chi connectivity index (χ1) is 14.6. The summed E-state index contributed by atoms with van der Waals surface area (Å²) < 4.78 is 0.826. The number of carbonyl (C=O) groups excluding carboxylic acids is 2. The summed E-state index contributed by atoms with van der Waals surface area (Å²) in [4.78, 5) is 24.9. The van der Waals surface area contributed by atoms with Crippen LogP contribution < -0.4 is 16.2 Å². The van der Waals surface area contributed by atoms with E-state index in [0.717, 1.165) is 20.8 Å². The van der Waals surface area contributed by atoms with E-state index in [1.165, 1.54) is 6.07 Å². The average molecular weight is 500 g/mol. The van der Waals surface area contributed by atoms with Gasteiger partial charge in [-0.25, -0.2) is 0 Å². The van der Waals surface area contributed by atoms with Crippen molar-refractivity contribution in [3.63, 3.8) is 0 Å². The van der Waals surface area contributed by atoms with E-state index in [0.29, 0.717) is 5.56 Å².